The minimum absolute atomic E-state index is 0.567. The van der Waals surface area contributed by atoms with Crippen LogP contribution in [0.1, 0.15) is 12.2 Å². The van der Waals surface area contributed by atoms with E-state index < -0.39 is 0 Å². The lowest BCUT2D eigenvalue weighted by atomic mass is 9.99. The van der Waals surface area contributed by atoms with Crippen molar-refractivity contribution in [3.05, 3.63) is 212 Å². The number of furan rings is 2. The molecule has 0 saturated heterocycles. The maximum atomic E-state index is 6.67. The molecular weight excluding hydrogens is 785 g/mol. The van der Waals surface area contributed by atoms with Gasteiger partial charge in [0.2, 0.25) is 0 Å². The molecule has 1 aliphatic carbocycles. The lowest BCUT2D eigenvalue weighted by Crippen LogP contribution is -2.03. The zero-order valence-electron chi connectivity index (χ0n) is 34.4. The Morgan fingerprint density at radius 1 is 0.406 bits per heavy atom. The Hall–Kier alpha value is -8.61. The molecule has 13 rings (SSSR count). The molecule has 0 bridgehead atoms. The molecule has 0 radical (unpaired) electrons. The van der Waals surface area contributed by atoms with E-state index in [2.05, 4.69) is 181 Å². The number of aromatic nitrogens is 4. The molecule has 64 heavy (non-hydrogen) atoms. The number of rotatable bonds is 6. The molecule has 0 N–H and O–H groups in total. The molecule has 0 amide bonds. The van der Waals surface area contributed by atoms with E-state index in [1.807, 2.05) is 30.4 Å². The van der Waals surface area contributed by atoms with Gasteiger partial charge in [-0.3, -0.25) is 0 Å². The maximum Gasteiger partial charge on any atom is 0.164 e. The van der Waals surface area contributed by atoms with Crippen molar-refractivity contribution < 1.29 is 8.83 Å². The first-order chi connectivity index (χ1) is 31.7. The number of nitrogens with zero attached hydrogens (tertiary/aromatic N) is 4. The van der Waals surface area contributed by atoms with Crippen LogP contribution < -0.4 is 0 Å². The second-order valence-corrected chi connectivity index (χ2v) is 16.3. The largest absolute Gasteiger partial charge is 0.456 e. The van der Waals surface area contributed by atoms with E-state index in [4.69, 9.17) is 23.8 Å². The second kappa shape index (κ2) is 14.5. The van der Waals surface area contributed by atoms with Crippen LogP contribution in [-0.2, 0) is 0 Å². The van der Waals surface area contributed by atoms with Crippen molar-refractivity contribution in [1.82, 2.24) is 19.5 Å². The van der Waals surface area contributed by atoms with Crippen LogP contribution in [0, 0.1) is 0 Å². The Bertz CT molecular complexity index is 3920. The molecule has 6 nitrogen and oxygen atoms in total. The van der Waals surface area contributed by atoms with Crippen LogP contribution in [0.5, 0.6) is 0 Å². The molecular formula is C58H36N4O2. The third kappa shape index (κ3) is 5.84. The highest BCUT2D eigenvalue weighted by molar-refractivity contribution is 6.14. The van der Waals surface area contributed by atoms with E-state index in [1.54, 1.807) is 0 Å². The van der Waals surface area contributed by atoms with Gasteiger partial charge in [-0.1, -0.05) is 146 Å². The highest BCUT2D eigenvalue weighted by atomic mass is 16.3. The predicted molar refractivity (Wildman–Crippen MR) is 261 cm³/mol. The fourth-order valence-electron chi connectivity index (χ4n) is 9.50. The average Bonchev–Trinajstić information content (AvgIpc) is 3.94. The Balaban J connectivity index is 0.969. The minimum Gasteiger partial charge on any atom is -0.456 e. The summed E-state index contributed by atoms with van der Waals surface area (Å²) >= 11 is 0. The second-order valence-electron chi connectivity index (χ2n) is 16.3. The van der Waals surface area contributed by atoms with Crippen molar-refractivity contribution in [2.24, 2.45) is 0 Å². The van der Waals surface area contributed by atoms with Gasteiger partial charge in [0.1, 0.15) is 22.3 Å². The molecule has 1 aliphatic rings. The molecule has 0 aliphatic heterocycles. The monoisotopic (exact) mass is 820 g/mol. The summed E-state index contributed by atoms with van der Waals surface area (Å²) in [7, 11) is 0. The molecule has 8 aromatic carbocycles. The van der Waals surface area contributed by atoms with Crippen LogP contribution in [0.3, 0.4) is 0 Å². The maximum absolute atomic E-state index is 6.67. The van der Waals surface area contributed by atoms with Gasteiger partial charge in [0.25, 0.3) is 0 Å². The van der Waals surface area contributed by atoms with Crippen LogP contribution in [0.4, 0.5) is 0 Å². The first kappa shape index (κ1) is 36.1. The van der Waals surface area contributed by atoms with E-state index in [0.29, 0.717) is 23.9 Å². The lowest BCUT2D eigenvalue weighted by Gasteiger charge is -2.10. The summed E-state index contributed by atoms with van der Waals surface area (Å²) in [5.41, 5.74) is 13.8. The zero-order valence-corrected chi connectivity index (χ0v) is 34.4. The van der Waals surface area contributed by atoms with Gasteiger partial charge in [-0.2, -0.15) is 0 Å². The molecule has 300 valence electrons. The highest BCUT2D eigenvalue weighted by Crippen LogP contribution is 2.41. The van der Waals surface area contributed by atoms with Gasteiger partial charge < -0.3 is 13.4 Å². The molecule has 0 fully saturated rings. The molecule has 0 atom stereocenters. The third-order valence-corrected chi connectivity index (χ3v) is 12.5. The quantitative estimate of drug-likeness (QED) is 0.167. The fraction of sp³-hybridized carbons (Fsp3) is 0.0172. The van der Waals surface area contributed by atoms with Crippen molar-refractivity contribution in [1.29, 1.82) is 0 Å². The predicted octanol–water partition coefficient (Wildman–Crippen LogP) is 15.3. The van der Waals surface area contributed by atoms with E-state index >= 15 is 0 Å². The molecule has 4 aromatic heterocycles. The van der Waals surface area contributed by atoms with E-state index in [0.717, 1.165) is 88.5 Å². The molecule has 6 heteroatoms. The zero-order chi connectivity index (χ0) is 42.1. The fourth-order valence-corrected chi connectivity index (χ4v) is 9.50. The van der Waals surface area contributed by atoms with E-state index in [-0.39, 0.29) is 0 Å². The minimum atomic E-state index is 0.567. The van der Waals surface area contributed by atoms with Crippen LogP contribution >= 0.6 is 0 Å². The average molecular weight is 821 g/mol. The summed E-state index contributed by atoms with van der Waals surface area (Å²) in [6.07, 6.45) is 11.0. The Morgan fingerprint density at radius 2 is 1.12 bits per heavy atom. The van der Waals surface area contributed by atoms with Crippen LogP contribution in [-0.4, -0.2) is 19.5 Å². The van der Waals surface area contributed by atoms with E-state index in [1.165, 1.54) is 21.8 Å². The highest BCUT2D eigenvalue weighted by Gasteiger charge is 2.21. The lowest BCUT2D eigenvalue weighted by molar-refractivity contribution is 0.669. The number of fused-ring (bicyclic) bond motifs is 9. The number of allylic oxidation sites excluding steroid dienone is 6. The van der Waals surface area contributed by atoms with E-state index in [9.17, 15) is 0 Å². The normalized spacial score (nSPS) is 12.9. The summed E-state index contributed by atoms with van der Waals surface area (Å²) in [6.45, 7) is 0. The van der Waals surface area contributed by atoms with Gasteiger partial charge >= 0.3 is 0 Å². The van der Waals surface area contributed by atoms with Crippen LogP contribution in [0.15, 0.2) is 215 Å². The van der Waals surface area contributed by atoms with Gasteiger partial charge in [0, 0.05) is 60.3 Å². The summed E-state index contributed by atoms with van der Waals surface area (Å²) < 4.78 is 15.6. The number of para-hydroxylation sites is 3. The topological polar surface area (TPSA) is 69.9 Å². The molecule has 12 aromatic rings. The van der Waals surface area contributed by atoms with Gasteiger partial charge in [-0.15, -0.1) is 0 Å². The van der Waals surface area contributed by atoms with Gasteiger partial charge in [0.05, 0.1) is 11.0 Å². The van der Waals surface area contributed by atoms with Crippen LogP contribution in [0.25, 0.3) is 122 Å². The van der Waals surface area contributed by atoms with Crippen molar-refractivity contribution in [3.63, 3.8) is 0 Å². The van der Waals surface area contributed by atoms with Crippen molar-refractivity contribution >= 4 is 71.3 Å². The molecule has 0 spiro atoms. The number of hydrogen-bond donors (Lipinski definition) is 0. The van der Waals surface area contributed by atoms with Gasteiger partial charge in [-0.25, -0.2) is 15.0 Å². The Kier molecular flexibility index (Phi) is 8.18. The molecule has 0 unspecified atom stereocenters. The first-order valence-electron chi connectivity index (χ1n) is 21.6. The van der Waals surface area contributed by atoms with Crippen molar-refractivity contribution in [2.45, 2.75) is 6.42 Å². The van der Waals surface area contributed by atoms with Crippen LogP contribution in [0.2, 0.25) is 0 Å². The summed E-state index contributed by atoms with van der Waals surface area (Å²) in [4.78, 5) is 15.6. The number of benzene rings is 8. The van der Waals surface area contributed by atoms with Gasteiger partial charge in [0.15, 0.2) is 17.5 Å². The smallest absolute Gasteiger partial charge is 0.164 e. The summed E-state index contributed by atoms with van der Waals surface area (Å²) in [6, 6.07) is 61.5. The Morgan fingerprint density at radius 3 is 2.03 bits per heavy atom. The molecule has 0 saturated carbocycles. The third-order valence-electron chi connectivity index (χ3n) is 12.5. The van der Waals surface area contributed by atoms with Gasteiger partial charge in [-0.05, 0) is 83.8 Å². The van der Waals surface area contributed by atoms with Crippen molar-refractivity contribution in [3.8, 4) is 50.7 Å². The van der Waals surface area contributed by atoms with Crippen molar-refractivity contribution in [2.75, 3.05) is 0 Å². The standard InChI is InChI=1S/C58H36N4O2/c1-2-6-18-37(17-5-1)56-59-57(40-27-30-44-45-23-13-22-42(36-15-7-3-8-16-36)55(45)64-53(44)35-40)61-58(60-56)46-24-14-26-52-54(46)48-34-39(29-32-51(48)63-52)38-28-31-50-47(33-38)43-21-11-12-25-49(43)62(50)41-19-9-4-10-20-41/h1-17,19-35H,18H2. The Labute approximate surface area is 367 Å². The molecule has 4 heterocycles. The summed E-state index contributed by atoms with van der Waals surface area (Å²) in [5.74, 6) is 1.76. The SMILES string of the molecule is C1=CC=C(c2nc(-c3ccc4c(c3)oc3c(-c5ccccc5)cccc34)nc(-c3cccc4oc5ccc(-c6ccc7c(c6)c6ccccc6n7-c6ccccc6)cc5c34)n2)CC=C1. The summed E-state index contributed by atoms with van der Waals surface area (Å²) in [5, 5.41) is 6.48. The first-order valence-corrected chi connectivity index (χ1v) is 21.6. The number of hydrogen-bond acceptors (Lipinski definition) is 5.